The number of guanidine groups is 1. The van der Waals surface area contributed by atoms with Crippen molar-refractivity contribution in [1.82, 2.24) is 20.5 Å². The lowest BCUT2D eigenvalue weighted by Crippen LogP contribution is -2.39. The minimum Gasteiger partial charge on any atom is -0.357 e. The number of carbonyl (C=O) groups is 1. The molecule has 2 heterocycles. The third-order valence-corrected chi connectivity index (χ3v) is 4.75. The van der Waals surface area contributed by atoms with E-state index in [1.807, 2.05) is 25.1 Å². The molecule has 0 aliphatic rings. The molecule has 0 unspecified atom stereocenters. The van der Waals surface area contributed by atoms with Gasteiger partial charge in [-0.3, -0.25) is 9.78 Å². The minimum absolute atomic E-state index is 0.00334. The molecule has 0 saturated carbocycles. The van der Waals surface area contributed by atoms with Gasteiger partial charge in [0.25, 0.3) is 0 Å². The molecule has 0 fully saturated rings. The van der Waals surface area contributed by atoms with E-state index in [2.05, 4.69) is 38.1 Å². The molecule has 0 radical (unpaired) electrons. The van der Waals surface area contributed by atoms with E-state index in [1.54, 1.807) is 29.5 Å². The summed E-state index contributed by atoms with van der Waals surface area (Å²) in [6.07, 6.45) is 3.46. The first-order chi connectivity index (χ1) is 12.7. The number of nitrogens with one attached hydrogen (secondary N) is 2. The molecule has 7 heteroatoms. The van der Waals surface area contributed by atoms with E-state index in [0.717, 1.165) is 31.6 Å². The van der Waals surface area contributed by atoms with E-state index in [1.165, 1.54) is 4.88 Å². The lowest BCUT2D eigenvalue weighted by atomic mass is 10.2. The van der Waals surface area contributed by atoms with Crippen molar-refractivity contribution in [2.75, 3.05) is 33.2 Å². The zero-order valence-electron chi connectivity index (χ0n) is 15.4. The van der Waals surface area contributed by atoms with Crippen molar-refractivity contribution < 1.29 is 4.79 Å². The van der Waals surface area contributed by atoms with Crippen LogP contribution in [0.1, 0.15) is 17.5 Å². The largest absolute Gasteiger partial charge is 0.357 e. The molecule has 0 aliphatic carbocycles. The van der Waals surface area contributed by atoms with Gasteiger partial charge in [-0.1, -0.05) is 12.1 Å². The number of rotatable bonds is 9. The molecule has 2 rings (SSSR count). The zero-order chi connectivity index (χ0) is 18.6. The summed E-state index contributed by atoms with van der Waals surface area (Å²) >= 11 is 1.75. The van der Waals surface area contributed by atoms with Crippen LogP contribution in [0.15, 0.2) is 46.9 Å². The Morgan fingerprint density at radius 3 is 2.81 bits per heavy atom. The molecule has 140 valence electrons. The van der Waals surface area contributed by atoms with Gasteiger partial charge < -0.3 is 15.5 Å². The lowest BCUT2D eigenvalue weighted by molar-refractivity contribution is -0.128. The van der Waals surface area contributed by atoms with Crippen molar-refractivity contribution in [2.24, 2.45) is 4.99 Å². The maximum Gasteiger partial charge on any atom is 0.244 e. The Labute approximate surface area is 159 Å². The molecule has 2 aromatic rings. The predicted molar refractivity (Wildman–Crippen MR) is 108 cm³/mol. The molecule has 2 aromatic heterocycles. The highest BCUT2D eigenvalue weighted by Crippen LogP contribution is 2.07. The van der Waals surface area contributed by atoms with E-state index in [9.17, 15) is 4.79 Å². The second-order valence-corrected chi connectivity index (χ2v) is 6.87. The summed E-state index contributed by atoms with van der Waals surface area (Å²) in [7, 11) is 1.80. The SMILES string of the molecule is CCNC(=NCC(=O)N(C)CCc1ccccn1)NCCc1cccs1. The van der Waals surface area contributed by atoms with Gasteiger partial charge >= 0.3 is 0 Å². The van der Waals surface area contributed by atoms with E-state index >= 15 is 0 Å². The first-order valence-electron chi connectivity index (χ1n) is 8.87. The monoisotopic (exact) mass is 373 g/mol. The molecule has 2 N–H and O–H groups in total. The molecular formula is C19H27N5OS. The van der Waals surface area contributed by atoms with Crippen LogP contribution in [0, 0.1) is 0 Å². The maximum absolute atomic E-state index is 12.3. The van der Waals surface area contributed by atoms with Gasteiger partial charge in [0, 0.05) is 49.9 Å². The van der Waals surface area contributed by atoms with Crippen LogP contribution < -0.4 is 10.6 Å². The molecule has 0 aliphatic heterocycles. The van der Waals surface area contributed by atoms with Gasteiger partial charge in [-0.25, -0.2) is 4.99 Å². The highest BCUT2D eigenvalue weighted by Gasteiger charge is 2.09. The third-order valence-electron chi connectivity index (χ3n) is 3.82. The summed E-state index contributed by atoms with van der Waals surface area (Å²) in [4.78, 5) is 24.0. The predicted octanol–water partition coefficient (Wildman–Crippen LogP) is 1.94. The summed E-state index contributed by atoms with van der Waals surface area (Å²) in [5, 5.41) is 8.53. The van der Waals surface area contributed by atoms with Gasteiger partial charge in [0.1, 0.15) is 6.54 Å². The first kappa shape index (κ1) is 19.9. The van der Waals surface area contributed by atoms with E-state index in [-0.39, 0.29) is 12.5 Å². The minimum atomic E-state index is -0.00334. The van der Waals surface area contributed by atoms with Crippen LogP contribution in [-0.4, -0.2) is 55.0 Å². The summed E-state index contributed by atoms with van der Waals surface area (Å²) in [5.74, 6) is 0.673. The van der Waals surface area contributed by atoms with Crippen LogP contribution >= 0.6 is 11.3 Å². The number of aromatic nitrogens is 1. The smallest absolute Gasteiger partial charge is 0.244 e. The molecule has 0 saturated heterocycles. The fourth-order valence-electron chi connectivity index (χ4n) is 2.32. The number of pyridine rings is 1. The van der Waals surface area contributed by atoms with Crippen molar-refractivity contribution in [3.8, 4) is 0 Å². The van der Waals surface area contributed by atoms with E-state index < -0.39 is 0 Å². The fourth-order valence-corrected chi connectivity index (χ4v) is 3.03. The number of nitrogens with zero attached hydrogens (tertiary/aromatic N) is 3. The molecule has 0 spiro atoms. The van der Waals surface area contributed by atoms with Gasteiger partial charge in [-0.2, -0.15) is 0 Å². The van der Waals surface area contributed by atoms with E-state index in [0.29, 0.717) is 12.5 Å². The summed E-state index contributed by atoms with van der Waals surface area (Å²) < 4.78 is 0. The van der Waals surface area contributed by atoms with Crippen molar-refractivity contribution >= 4 is 23.2 Å². The summed E-state index contributed by atoms with van der Waals surface area (Å²) in [6, 6.07) is 9.99. The quantitative estimate of drug-likeness (QED) is 0.521. The second kappa shape index (κ2) is 11.3. The van der Waals surface area contributed by atoms with Gasteiger partial charge in [-0.15, -0.1) is 11.3 Å². The Hall–Kier alpha value is -2.41. The molecule has 0 atom stereocenters. The van der Waals surface area contributed by atoms with Gasteiger partial charge in [-0.05, 0) is 36.9 Å². The Balaban J connectivity index is 1.75. The van der Waals surface area contributed by atoms with Crippen molar-refractivity contribution in [3.63, 3.8) is 0 Å². The van der Waals surface area contributed by atoms with Crippen LogP contribution in [0.3, 0.4) is 0 Å². The topological polar surface area (TPSA) is 69.6 Å². The Morgan fingerprint density at radius 1 is 1.23 bits per heavy atom. The number of hydrogen-bond acceptors (Lipinski definition) is 4. The molecule has 0 bridgehead atoms. The molecule has 6 nitrogen and oxygen atoms in total. The van der Waals surface area contributed by atoms with Crippen LogP contribution in [-0.2, 0) is 17.6 Å². The van der Waals surface area contributed by atoms with Gasteiger partial charge in [0.05, 0.1) is 0 Å². The Kier molecular flexibility index (Phi) is 8.62. The molecular weight excluding hydrogens is 346 g/mol. The standard InChI is InChI=1S/C19H27N5OS/c1-3-20-19(22-12-9-17-8-6-14-26-17)23-15-18(25)24(2)13-10-16-7-4-5-11-21-16/h4-8,11,14H,3,9-10,12-13,15H2,1-2H3,(H2,20,22,23). The number of hydrogen-bond donors (Lipinski definition) is 2. The molecule has 1 amide bonds. The molecule has 26 heavy (non-hydrogen) atoms. The Morgan fingerprint density at radius 2 is 2.12 bits per heavy atom. The number of likely N-dealkylation sites (N-methyl/N-ethyl adjacent to an activating group) is 1. The third kappa shape index (κ3) is 7.23. The number of carbonyl (C=O) groups excluding carboxylic acids is 1. The van der Waals surface area contributed by atoms with Crippen LogP contribution in [0.2, 0.25) is 0 Å². The van der Waals surface area contributed by atoms with Crippen LogP contribution in [0.25, 0.3) is 0 Å². The van der Waals surface area contributed by atoms with Crippen molar-refractivity contribution in [1.29, 1.82) is 0 Å². The number of thiophene rings is 1. The van der Waals surface area contributed by atoms with Gasteiger partial charge in [0.2, 0.25) is 5.91 Å². The highest BCUT2D eigenvalue weighted by atomic mass is 32.1. The number of amides is 1. The average molecular weight is 374 g/mol. The molecule has 0 aromatic carbocycles. The fraction of sp³-hybridized carbons (Fsp3) is 0.421. The van der Waals surface area contributed by atoms with E-state index in [4.69, 9.17) is 0 Å². The summed E-state index contributed by atoms with van der Waals surface area (Å²) in [6.45, 7) is 4.32. The average Bonchev–Trinajstić information content (AvgIpc) is 3.18. The maximum atomic E-state index is 12.3. The van der Waals surface area contributed by atoms with Crippen molar-refractivity contribution in [3.05, 3.63) is 52.5 Å². The van der Waals surface area contributed by atoms with Gasteiger partial charge in [0.15, 0.2) is 5.96 Å². The van der Waals surface area contributed by atoms with Crippen molar-refractivity contribution in [2.45, 2.75) is 19.8 Å². The second-order valence-electron chi connectivity index (χ2n) is 5.84. The highest BCUT2D eigenvalue weighted by molar-refractivity contribution is 7.09. The van der Waals surface area contributed by atoms with Crippen LogP contribution in [0.5, 0.6) is 0 Å². The number of aliphatic imine (C=N–C) groups is 1. The lowest BCUT2D eigenvalue weighted by Gasteiger charge is -2.16. The summed E-state index contributed by atoms with van der Waals surface area (Å²) in [5.41, 5.74) is 0.985. The first-order valence-corrected chi connectivity index (χ1v) is 9.75. The zero-order valence-corrected chi connectivity index (χ0v) is 16.3. The van der Waals surface area contributed by atoms with Crippen LogP contribution in [0.4, 0.5) is 0 Å². The normalized spacial score (nSPS) is 11.2. The Bertz CT molecular complexity index is 673.